The standard InChI is InChI=1S/C16H23N3O/c1-2-6-15(17)16(20)19-11-9-18(10-12-19)13-14-7-4-3-5-8-14/h2-5,7-8,15H,1,6,9-13,17H2. The maximum atomic E-state index is 12.1. The van der Waals surface area contributed by atoms with Crippen LogP contribution in [0.1, 0.15) is 12.0 Å². The van der Waals surface area contributed by atoms with Crippen molar-refractivity contribution in [2.45, 2.75) is 19.0 Å². The Morgan fingerprint density at radius 3 is 2.50 bits per heavy atom. The highest BCUT2D eigenvalue weighted by atomic mass is 16.2. The lowest BCUT2D eigenvalue weighted by Crippen LogP contribution is -2.52. The average Bonchev–Trinajstić information content (AvgIpc) is 2.48. The second-order valence-corrected chi connectivity index (χ2v) is 5.22. The van der Waals surface area contributed by atoms with E-state index in [9.17, 15) is 4.79 Å². The van der Waals surface area contributed by atoms with Crippen molar-refractivity contribution in [2.75, 3.05) is 26.2 Å². The van der Waals surface area contributed by atoms with Crippen molar-refractivity contribution in [3.05, 3.63) is 48.6 Å². The van der Waals surface area contributed by atoms with Crippen LogP contribution in [0.4, 0.5) is 0 Å². The van der Waals surface area contributed by atoms with Crippen LogP contribution in [0.2, 0.25) is 0 Å². The second-order valence-electron chi connectivity index (χ2n) is 5.22. The molecule has 0 aromatic heterocycles. The number of piperazine rings is 1. The third-order valence-corrected chi connectivity index (χ3v) is 3.67. The Bertz CT molecular complexity index is 438. The van der Waals surface area contributed by atoms with Gasteiger partial charge in [0, 0.05) is 32.7 Å². The Kier molecular flexibility index (Phi) is 5.32. The van der Waals surface area contributed by atoms with Gasteiger partial charge in [0.1, 0.15) is 0 Å². The van der Waals surface area contributed by atoms with Crippen LogP contribution in [0.3, 0.4) is 0 Å². The minimum Gasteiger partial charge on any atom is -0.339 e. The molecule has 108 valence electrons. The molecule has 2 N–H and O–H groups in total. The minimum absolute atomic E-state index is 0.0456. The Hall–Kier alpha value is -1.65. The van der Waals surface area contributed by atoms with E-state index in [1.807, 2.05) is 11.0 Å². The van der Waals surface area contributed by atoms with Gasteiger partial charge in [-0.3, -0.25) is 9.69 Å². The quantitative estimate of drug-likeness (QED) is 0.821. The van der Waals surface area contributed by atoms with E-state index in [4.69, 9.17) is 5.73 Å². The topological polar surface area (TPSA) is 49.6 Å². The second kappa shape index (κ2) is 7.22. The molecule has 1 aromatic rings. The lowest BCUT2D eigenvalue weighted by atomic mass is 10.1. The Morgan fingerprint density at radius 1 is 1.25 bits per heavy atom. The zero-order valence-electron chi connectivity index (χ0n) is 11.9. The van der Waals surface area contributed by atoms with Gasteiger partial charge in [-0.05, 0) is 12.0 Å². The molecule has 20 heavy (non-hydrogen) atoms. The number of carbonyl (C=O) groups is 1. The molecule has 1 amide bonds. The van der Waals surface area contributed by atoms with E-state index in [0.29, 0.717) is 6.42 Å². The van der Waals surface area contributed by atoms with Gasteiger partial charge in [0.15, 0.2) is 0 Å². The van der Waals surface area contributed by atoms with Gasteiger partial charge in [-0.25, -0.2) is 0 Å². The number of hydrogen-bond acceptors (Lipinski definition) is 3. The summed E-state index contributed by atoms with van der Waals surface area (Å²) in [4.78, 5) is 16.3. The Labute approximate surface area is 120 Å². The SMILES string of the molecule is C=CCC(N)C(=O)N1CCN(Cc2ccccc2)CC1. The monoisotopic (exact) mass is 273 g/mol. The molecule has 4 heteroatoms. The first-order valence-electron chi connectivity index (χ1n) is 7.12. The first kappa shape index (κ1) is 14.8. The summed E-state index contributed by atoms with van der Waals surface area (Å²) in [5.41, 5.74) is 7.16. The lowest BCUT2D eigenvalue weighted by molar-refractivity contribution is -0.134. The molecule has 1 fully saturated rings. The third-order valence-electron chi connectivity index (χ3n) is 3.67. The third kappa shape index (κ3) is 3.92. The maximum Gasteiger partial charge on any atom is 0.239 e. The van der Waals surface area contributed by atoms with Crippen molar-refractivity contribution < 1.29 is 4.79 Å². The van der Waals surface area contributed by atoms with Crippen LogP contribution in [-0.2, 0) is 11.3 Å². The first-order valence-corrected chi connectivity index (χ1v) is 7.12. The van der Waals surface area contributed by atoms with Gasteiger partial charge >= 0.3 is 0 Å². The highest BCUT2D eigenvalue weighted by molar-refractivity contribution is 5.81. The molecule has 0 spiro atoms. The van der Waals surface area contributed by atoms with E-state index < -0.39 is 6.04 Å². The van der Waals surface area contributed by atoms with Crippen LogP contribution in [-0.4, -0.2) is 47.9 Å². The highest BCUT2D eigenvalue weighted by Crippen LogP contribution is 2.09. The molecule has 1 heterocycles. The van der Waals surface area contributed by atoms with Crippen LogP contribution >= 0.6 is 0 Å². The normalized spacial score (nSPS) is 17.8. The number of benzene rings is 1. The van der Waals surface area contributed by atoms with E-state index in [1.165, 1.54) is 5.56 Å². The number of amides is 1. The Balaban J connectivity index is 1.80. The maximum absolute atomic E-state index is 12.1. The molecule has 1 aromatic carbocycles. The van der Waals surface area contributed by atoms with Crippen LogP contribution in [0.15, 0.2) is 43.0 Å². The summed E-state index contributed by atoms with van der Waals surface area (Å²) in [5.74, 6) is 0.0456. The van der Waals surface area contributed by atoms with E-state index in [-0.39, 0.29) is 5.91 Å². The number of nitrogens with zero attached hydrogens (tertiary/aromatic N) is 2. The first-order chi connectivity index (χ1) is 9.70. The van der Waals surface area contributed by atoms with Crippen LogP contribution in [0.5, 0.6) is 0 Å². The summed E-state index contributed by atoms with van der Waals surface area (Å²) in [6, 6.07) is 9.98. The number of hydrogen-bond donors (Lipinski definition) is 1. The predicted molar refractivity (Wildman–Crippen MR) is 81.1 cm³/mol. The number of nitrogens with two attached hydrogens (primary N) is 1. The number of rotatable bonds is 5. The molecule has 0 aliphatic carbocycles. The average molecular weight is 273 g/mol. The molecule has 0 saturated carbocycles. The van der Waals surface area contributed by atoms with Crippen molar-refractivity contribution in [1.29, 1.82) is 0 Å². The minimum atomic E-state index is -0.437. The van der Waals surface area contributed by atoms with Crippen LogP contribution in [0, 0.1) is 0 Å². The van der Waals surface area contributed by atoms with Crippen molar-refractivity contribution in [3.8, 4) is 0 Å². The lowest BCUT2D eigenvalue weighted by Gasteiger charge is -2.35. The summed E-state index contributed by atoms with van der Waals surface area (Å²) in [5, 5.41) is 0. The summed E-state index contributed by atoms with van der Waals surface area (Å²) < 4.78 is 0. The fourth-order valence-corrected chi connectivity index (χ4v) is 2.48. The van der Waals surface area contributed by atoms with Crippen LogP contribution < -0.4 is 5.73 Å². The molecular formula is C16H23N3O. The van der Waals surface area contributed by atoms with Crippen molar-refractivity contribution in [1.82, 2.24) is 9.80 Å². The van der Waals surface area contributed by atoms with E-state index >= 15 is 0 Å². The van der Waals surface area contributed by atoms with Gasteiger partial charge in [-0.15, -0.1) is 6.58 Å². The molecular weight excluding hydrogens is 250 g/mol. The molecule has 4 nitrogen and oxygen atoms in total. The predicted octanol–water partition coefficient (Wildman–Crippen LogP) is 1.23. The number of carbonyl (C=O) groups excluding carboxylic acids is 1. The summed E-state index contributed by atoms with van der Waals surface area (Å²) in [7, 11) is 0. The molecule has 1 aliphatic rings. The van der Waals surface area contributed by atoms with Crippen molar-refractivity contribution in [2.24, 2.45) is 5.73 Å². The van der Waals surface area contributed by atoms with E-state index in [0.717, 1.165) is 32.7 Å². The van der Waals surface area contributed by atoms with E-state index in [2.05, 4.69) is 35.7 Å². The molecule has 2 rings (SSSR count). The fourth-order valence-electron chi connectivity index (χ4n) is 2.48. The Morgan fingerprint density at radius 2 is 1.90 bits per heavy atom. The summed E-state index contributed by atoms with van der Waals surface area (Å²) in [6.45, 7) is 7.90. The van der Waals surface area contributed by atoms with Gasteiger partial charge in [0.2, 0.25) is 5.91 Å². The largest absolute Gasteiger partial charge is 0.339 e. The van der Waals surface area contributed by atoms with Crippen LogP contribution in [0.25, 0.3) is 0 Å². The summed E-state index contributed by atoms with van der Waals surface area (Å²) >= 11 is 0. The van der Waals surface area contributed by atoms with Gasteiger partial charge in [0.25, 0.3) is 0 Å². The highest BCUT2D eigenvalue weighted by Gasteiger charge is 2.24. The zero-order chi connectivity index (χ0) is 14.4. The molecule has 0 bridgehead atoms. The van der Waals surface area contributed by atoms with Gasteiger partial charge in [0.05, 0.1) is 6.04 Å². The van der Waals surface area contributed by atoms with Gasteiger partial charge in [-0.2, -0.15) is 0 Å². The molecule has 1 atom stereocenters. The molecule has 1 aliphatic heterocycles. The zero-order valence-corrected chi connectivity index (χ0v) is 11.9. The molecule has 1 saturated heterocycles. The van der Waals surface area contributed by atoms with Gasteiger partial charge in [-0.1, -0.05) is 36.4 Å². The molecule has 0 radical (unpaired) electrons. The van der Waals surface area contributed by atoms with Gasteiger partial charge < -0.3 is 10.6 Å². The molecule has 1 unspecified atom stereocenters. The summed E-state index contributed by atoms with van der Waals surface area (Å²) in [6.07, 6.45) is 2.25. The van der Waals surface area contributed by atoms with Crippen molar-refractivity contribution in [3.63, 3.8) is 0 Å². The van der Waals surface area contributed by atoms with E-state index in [1.54, 1.807) is 6.08 Å². The van der Waals surface area contributed by atoms with Crippen molar-refractivity contribution >= 4 is 5.91 Å². The fraction of sp³-hybridized carbons (Fsp3) is 0.438. The smallest absolute Gasteiger partial charge is 0.239 e.